The molecule has 1 aliphatic rings. The molecule has 0 aromatic heterocycles. The van der Waals surface area contributed by atoms with Crippen LogP contribution in [0, 0.1) is 0 Å². The van der Waals surface area contributed by atoms with Gasteiger partial charge in [-0.3, -0.25) is 10.2 Å². The highest BCUT2D eigenvalue weighted by Gasteiger charge is 1.96. The summed E-state index contributed by atoms with van der Waals surface area (Å²) in [6.45, 7) is 0. The Morgan fingerprint density at radius 2 is 2.57 bits per heavy atom. The molecular formula is C4H6N2O. The molecule has 0 aromatic rings. The molecular weight excluding hydrogens is 92.1 g/mol. The van der Waals surface area contributed by atoms with Gasteiger partial charge in [0.05, 0.1) is 0 Å². The van der Waals surface area contributed by atoms with Crippen molar-refractivity contribution in [1.82, 2.24) is 10.9 Å². The molecule has 0 fully saturated rings. The van der Waals surface area contributed by atoms with E-state index in [0.717, 1.165) is 0 Å². The number of carbonyl (C=O) groups excluding carboxylic acids is 1. The van der Waals surface area contributed by atoms with Crippen LogP contribution in [0.5, 0.6) is 0 Å². The van der Waals surface area contributed by atoms with Crippen LogP contribution in [0.2, 0.25) is 0 Å². The first-order valence-electron chi connectivity index (χ1n) is 2.09. The normalized spacial score (nSPS) is 18.0. The molecule has 3 heteroatoms. The Labute approximate surface area is 41.4 Å². The minimum absolute atomic E-state index is 0.0162. The van der Waals surface area contributed by atoms with E-state index in [-0.39, 0.29) is 5.91 Å². The fourth-order valence-electron chi connectivity index (χ4n) is 0.398. The van der Waals surface area contributed by atoms with Crippen LogP contribution in [0.3, 0.4) is 0 Å². The van der Waals surface area contributed by atoms with Crippen molar-refractivity contribution in [3.63, 3.8) is 0 Å². The van der Waals surface area contributed by atoms with E-state index in [1.165, 1.54) is 0 Å². The predicted octanol–water partition coefficient (Wildman–Crippen LogP) is -0.475. The first-order chi connectivity index (χ1) is 3.39. The van der Waals surface area contributed by atoms with Gasteiger partial charge in [0.2, 0.25) is 5.91 Å². The summed E-state index contributed by atoms with van der Waals surface area (Å²) in [4.78, 5) is 10.2. The predicted molar refractivity (Wildman–Crippen MR) is 25.0 cm³/mol. The van der Waals surface area contributed by atoms with Crippen LogP contribution in [0.4, 0.5) is 0 Å². The molecule has 0 unspecified atom stereocenters. The molecule has 2 N–H and O–H groups in total. The van der Waals surface area contributed by atoms with Crippen LogP contribution in [-0.2, 0) is 4.79 Å². The second-order valence-electron chi connectivity index (χ2n) is 1.30. The molecule has 1 aliphatic heterocycles. The Kier molecular flexibility index (Phi) is 0.978. The van der Waals surface area contributed by atoms with E-state index in [1.807, 2.05) is 0 Å². The Balaban J connectivity index is 2.47. The summed E-state index contributed by atoms with van der Waals surface area (Å²) in [7, 11) is 0. The summed E-state index contributed by atoms with van der Waals surface area (Å²) in [6.07, 6.45) is 3.95. The maximum Gasteiger partial charge on any atom is 0.242 e. The minimum Gasteiger partial charge on any atom is -0.306 e. The highest BCUT2D eigenvalue weighted by molar-refractivity contribution is 5.77. The fraction of sp³-hybridized carbons (Fsp3) is 0.250. The lowest BCUT2D eigenvalue weighted by atomic mass is 10.4. The van der Waals surface area contributed by atoms with Crippen molar-refractivity contribution in [3.8, 4) is 0 Å². The van der Waals surface area contributed by atoms with Gasteiger partial charge in [-0.05, 0) is 0 Å². The zero-order chi connectivity index (χ0) is 5.11. The molecule has 0 radical (unpaired) electrons. The molecule has 0 aromatic carbocycles. The van der Waals surface area contributed by atoms with Crippen LogP contribution in [0.1, 0.15) is 6.42 Å². The lowest BCUT2D eigenvalue weighted by Crippen LogP contribution is -2.35. The van der Waals surface area contributed by atoms with Gasteiger partial charge < -0.3 is 5.43 Å². The second kappa shape index (κ2) is 1.64. The third kappa shape index (κ3) is 0.924. The third-order valence-corrected chi connectivity index (χ3v) is 0.716. The first-order valence-corrected chi connectivity index (χ1v) is 2.09. The number of hydrogen-bond acceptors (Lipinski definition) is 2. The topological polar surface area (TPSA) is 41.1 Å². The van der Waals surface area contributed by atoms with Gasteiger partial charge in [0.15, 0.2) is 0 Å². The third-order valence-electron chi connectivity index (χ3n) is 0.716. The van der Waals surface area contributed by atoms with Crippen molar-refractivity contribution < 1.29 is 4.79 Å². The van der Waals surface area contributed by atoms with Gasteiger partial charge in [0.1, 0.15) is 0 Å². The maximum atomic E-state index is 10.2. The molecule has 0 saturated heterocycles. The number of nitrogens with one attached hydrogen (secondary N) is 2. The van der Waals surface area contributed by atoms with Crippen LogP contribution in [0.25, 0.3) is 0 Å². The molecule has 1 heterocycles. The van der Waals surface area contributed by atoms with E-state index in [2.05, 4.69) is 10.9 Å². The van der Waals surface area contributed by atoms with E-state index < -0.39 is 0 Å². The molecule has 0 atom stereocenters. The van der Waals surface area contributed by atoms with Gasteiger partial charge in [-0.15, -0.1) is 0 Å². The number of amides is 1. The Morgan fingerprint density at radius 1 is 1.71 bits per heavy atom. The Hall–Kier alpha value is -0.990. The maximum absolute atomic E-state index is 10.2. The summed E-state index contributed by atoms with van der Waals surface area (Å²) in [6, 6.07) is 0. The van der Waals surface area contributed by atoms with Crippen LogP contribution < -0.4 is 10.9 Å². The number of carbonyl (C=O) groups is 1. The molecule has 38 valence electrons. The quantitative estimate of drug-likeness (QED) is 0.430. The SMILES string of the molecule is O=C1CC=CNN1. The average molecular weight is 98.1 g/mol. The zero-order valence-corrected chi connectivity index (χ0v) is 3.77. The molecule has 7 heavy (non-hydrogen) atoms. The first kappa shape index (κ1) is 4.18. The van der Waals surface area contributed by atoms with E-state index >= 15 is 0 Å². The lowest BCUT2D eigenvalue weighted by molar-refractivity contribution is -0.121. The molecule has 0 saturated carbocycles. The highest BCUT2D eigenvalue weighted by Crippen LogP contribution is 1.83. The van der Waals surface area contributed by atoms with Gasteiger partial charge in [0, 0.05) is 12.6 Å². The van der Waals surface area contributed by atoms with Crippen LogP contribution in [0.15, 0.2) is 12.3 Å². The van der Waals surface area contributed by atoms with Gasteiger partial charge >= 0.3 is 0 Å². The van der Waals surface area contributed by atoms with E-state index in [0.29, 0.717) is 6.42 Å². The van der Waals surface area contributed by atoms with E-state index in [4.69, 9.17) is 0 Å². The monoisotopic (exact) mass is 98.0 g/mol. The summed E-state index contributed by atoms with van der Waals surface area (Å²) < 4.78 is 0. The van der Waals surface area contributed by atoms with Crippen molar-refractivity contribution >= 4 is 5.91 Å². The Morgan fingerprint density at radius 3 is 2.86 bits per heavy atom. The average Bonchev–Trinajstić information content (AvgIpc) is 1.69. The molecule has 0 bridgehead atoms. The molecule has 0 aliphatic carbocycles. The minimum atomic E-state index is 0.0162. The summed E-state index contributed by atoms with van der Waals surface area (Å²) in [5.74, 6) is 0.0162. The Bertz CT molecular complexity index is 108. The smallest absolute Gasteiger partial charge is 0.242 e. The van der Waals surface area contributed by atoms with Crippen LogP contribution >= 0.6 is 0 Å². The van der Waals surface area contributed by atoms with Gasteiger partial charge in [-0.25, -0.2) is 0 Å². The van der Waals surface area contributed by atoms with Crippen molar-refractivity contribution in [3.05, 3.63) is 12.3 Å². The number of rotatable bonds is 0. The van der Waals surface area contributed by atoms with E-state index in [9.17, 15) is 4.79 Å². The number of hydrogen-bond donors (Lipinski definition) is 2. The summed E-state index contributed by atoms with van der Waals surface area (Å²) >= 11 is 0. The van der Waals surface area contributed by atoms with Gasteiger partial charge in [-0.1, -0.05) is 6.08 Å². The van der Waals surface area contributed by atoms with Crippen molar-refractivity contribution in [1.29, 1.82) is 0 Å². The molecule has 3 nitrogen and oxygen atoms in total. The second-order valence-corrected chi connectivity index (χ2v) is 1.30. The number of hydrazine groups is 1. The van der Waals surface area contributed by atoms with Crippen molar-refractivity contribution in [2.45, 2.75) is 6.42 Å². The lowest BCUT2D eigenvalue weighted by Gasteiger charge is -2.05. The van der Waals surface area contributed by atoms with Crippen molar-refractivity contribution in [2.75, 3.05) is 0 Å². The molecule has 1 rings (SSSR count). The largest absolute Gasteiger partial charge is 0.306 e. The molecule has 0 spiro atoms. The standard InChI is InChI=1S/C4H6N2O/c7-4-2-1-3-5-6-4/h1,3,5H,2H2,(H,6,7). The fourth-order valence-corrected chi connectivity index (χ4v) is 0.398. The van der Waals surface area contributed by atoms with E-state index in [1.54, 1.807) is 12.3 Å². The summed E-state index contributed by atoms with van der Waals surface area (Å²) in [5, 5.41) is 0. The van der Waals surface area contributed by atoms with Crippen molar-refractivity contribution in [2.24, 2.45) is 0 Å². The zero-order valence-electron chi connectivity index (χ0n) is 3.77. The van der Waals surface area contributed by atoms with Gasteiger partial charge in [0.25, 0.3) is 0 Å². The van der Waals surface area contributed by atoms with Gasteiger partial charge in [-0.2, -0.15) is 0 Å². The highest BCUT2D eigenvalue weighted by atomic mass is 16.2. The summed E-state index contributed by atoms with van der Waals surface area (Å²) in [5.41, 5.74) is 4.96. The molecule has 1 amide bonds. The van der Waals surface area contributed by atoms with Crippen LogP contribution in [-0.4, -0.2) is 5.91 Å².